The van der Waals surface area contributed by atoms with E-state index in [1.807, 2.05) is 44.2 Å². The van der Waals surface area contributed by atoms with E-state index in [2.05, 4.69) is 21.2 Å². The van der Waals surface area contributed by atoms with E-state index in [4.69, 9.17) is 14.2 Å². The van der Waals surface area contributed by atoms with E-state index < -0.39 is 0 Å². The van der Waals surface area contributed by atoms with Gasteiger partial charge in [0.25, 0.3) is 0 Å². The number of carbonyl (C=O) groups is 1. The Morgan fingerprint density at radius 2 is 1.73 bits per heavy atom. The lowest BCUT2D eigenvalue weighted by molar-refractivity contribution is -0.116. The molecule has 1 amide bonds. The van der Waals surface area contributed by atoms with Crippen LogP contribution in [0.15, 0.2) is 34.8 Å². The number of halogens is 1. The Bertz CT molecular complexity index is 822. The fourth-order valence-electron chi connectivity index (χ4n) is 3.26. The number of nitrogens with one attached hydrogen (secondary N) is 1. The van der Waals surface area contributed by atoms with Crippen molar-refractivity contribution in [3.63, 3.8) is 0 Å². The molecule has 0 unspecified atom stereocenters. The zero-order chi connectivity index (χ0) is 18.7. The van der Waals surface area contributed by atoms with Gasteiger partial charge in [0.15, 0.2) is 11.5 Å². The average Bonchev–Trinajstić information content (AvgIpc) is 2.62. The van der Waals surface area contributed by atoms with Crippen molar-refractivity contribution < 1.29 is 19.0 Å². The van der Waals surface area contributed by atoms with Gasteiger partial charge in [0, 0.05) is 34.1 Å². The molecule has 0 fully saturated rings. The van der Waals surface area contributed by atoms with Gasteiger partial charge in [-0.2, -0.15) is 0 Å². The van der Waals surface area contributed by atoms with Crippen LogP contribution in [-0.2, 0) is 4.79 Å². The fourth-order valence-corrected chi connectivity index (χ4v) is 3.64. The van der Waals surface area contributed by atoms with E-state index in [1.54, 1.807) is 7.11 Å². The first-order valence-corrected chi connectivity index (χ1v) is 9.43. The van der Waals surface area contributed by atoms with E-state index in [0.29, 0.717) is 31.1 Å². The summed E-state index contributed by atoms with van der Waals surface area (Å²) in [7, 11) is 1.64. The molecule has 1 atom stereocenters. The van der Waals surface area contributed by atoms with Crippen LogP contribution < -0.4 is 19.5 Å². The molecular formula is C20H22BrNO4. The van der Waals surface area contributed by atoms with Crippen LogP contribution in [0.2, 0.25) is 0 Å². The molecule has 1 heterocycles. The molecule has 0 spiro atoms. The molecule has 0 saturated carbocycles. The van der Waals surface area contributed by atoms with Crippen LogP contribution >= 0.6 is 15.9 Å². The monoisotopic (exact) mass is 419 g/mol. The predicted molar refractivity (Wildman–Crippen MR) is 105 cm³/mol. The molecule has 2 aromatic rings. The maximum atomic E-state index is 12.3. The first-order valence-electron chi connectivity index (χ1n) is 8.64. The SMILES string of the molecule is CCOc1cc2c(cc1OCC)[C@H](c1cc(Br)ccc1OC)CC(=O)N2. The van der Waals surface area contributed by atoms with Crippen LogP contribution in [0.5, 0.6) is 17.2 Å². The maximum Gasteiger partial charge on any atom is 0.225 e. The number of anilines is 1. The molecule has 26 heavy (non-hydrogen) atoms. The molecule has 1 aliphatic heterocycles. The lowest BCUT2D eigenvalue weighted by Gasteiger charge is -2.28. The number of amides is 1. The molecule has 0 aliphatic carbocycles. The van der Waals surface area contributed by atoms with Crippen LogP contribution in [0.1, 0.15) is 37.3 Å². The number of ether oxygens (including phenoxy) is 3. The molecule has 1 aliphatic rings. The third-order valence-corrected chi connectivity index (χ3v) is 4.82. The van der Waals surface area contributed by atoms with E-state index in [0.717, 1.165) is 27.0 Å². The maximum absolute atomic E-state index is 12.3. The summed E-state index contributed by atoms with van der Waals surface area (Å²) < 4.78 is 17.9. The summed E-state index contributed by atoms with van der Waals surface area (Å²) in [6.45, 7) is 4.92. The fraction of sp³-hybridized carbons (Fsp3) is 0.350. The zero-order valence-corrected chi connectivity index (χ0v) is 16.7. The van der Waals surface area contributed by atoms with Gasteiger partial charge in [0.2, 0.25) is 5.91 Å². The Hall–Kier alpha value is -2.21. The Balaban J connectivity index is 2.15. The summed E-state index contributed by atoms with van der Waals surface area (Å²) in [5.74, 6) is 1.92. The molecule has 3 rings (SSSR count). The van der Waals surface area contributed by atoms with Crippen molar-refractivity contribution in [2.75, 3.05) is 25.6 Å². The van der Waals surface area contributed by atoms with Gasteiger partial charge < -0.3 is 19.5 Å². The highest BCUT2D eigenvalue weighted by atomic mass is 79.9. The molecule has 0 bridgehead atoms. The molecule has 0 radical (unpaired) electrons. The summed E-state index contributed by atoms with van der Waals surface area (Å²) in [5.41, 5.74) is 2.71. The number of hydrogen-bond donors (Lipinski definition) is 1. The number of hydrogen-bond acceptors (Lipinski definition) is 4. The van der Waals surface area contributed by atoms with E-state index in [-0.39, 0.29) is 11.8 Å². The van der Waals surface area contributed by atoms with E-state index in [1.165, 1.54) is 0 Å². The third kappa shape index (κ3) is 3.65. The first-order chi connectivity index (χ1) is 12.6. The molecule has 1 N–H and O–H groups in total. The minimum atomic E-state index is -0.124. The number of rotatable bonds is 6. The van der Waals surface area contributed by atoms with E-state index >= 15 is 0 Å². The van der Waals surface area contributed by atoms with Crippen molar-refractivity contribution in [1.82, 2.24) is 0 Å². The molecule has 0 saturated heterocycles. The highest BCUT2D eigenvalue weighted by molar-refractivity contribution is 9.10. The Labute approximate surface area is 161 Å². The first kappa shape index (κ1) is 18.6. The van der Waals surface area contributed by atoms with Crippen molar-refractivity contribution in [1.29, 1.82) is 0 Å². The van der Waals surface area contributed by atoms with Gasteiger partial charge in [-0.25, -0.2) is 0 Å². The van der Waals surface area contributed by atoms with Crippen LogP contribution in [-0.4, -0.2) is 26.2 Å². The second-order valence-electron chi connectivity index (χ2n) is 5.94. The third-order valence-electron chi connectivity index (χ3n) is 4.32. The Morgan fingerprint density at radius 1 is 1.04 bits per heavy atom. The molecule has 138 valence electrons. The van der Waals surface area contributed by atoms with Crippen LogP contribution in [0, 0.1) is 0 Å². The van der Waals surface area contributed by atoms with Gasteiger partial charge in [0.05, 0.1) is 20.3 Å². The normalized spacial score (nSPS) is 15.8. The molecule has 2 aromatic carbocycles. The summed E-state index contributed by atoms with van der Waals surface area (Å²) in [6.07, 6.45) is 0.347. The second-order valence-corrected chi connectivity index (χ2v) is 6.86. The van der Waals surface area contributed by atoms with Gasteiger partial charge in [-0.1, -0.05) is 15.9 Å². The quantitative estimate of drug-likeness (QED) is 0.734. The number of fused-ring (bicyclic) bond motifs is 1. The number of benzene rings is 2. The van der Waals surface area contributed by atoms with Gasteiger partial charge in [0.1, 0.15) is 5.75 Å². The lowest BCUT2D eigenvalue weighted by atomic mass is 9.84. The van der Waals surface area contributed by atoms with Crippen LogP contribution in [0.3, 0.4) is 0 Å². The average molecular weight is 420 g/mol. The van der Waals surface area contributed by atoms with Gasteiger partial charge in [-0.15, -0.1) is 0 Å². The summed E-state index contributed by atoms with van der Waals surface area (Å²) in [4.78, 5) is 12.3. The highest BCUT2D eigenvalue weighted by Gasteiger charge is 2.30. The smallest absolute Gasteiger partial charge is 0.225 e. The number of methoxy groups -OCH3 is 1. The van der Waals surface area contributed by atoms with Gasteiger partial charge in [-0.3, -0.25) is 4.79 Å². The van der Waals surface area contributed by atoms with Crippen LogP contribution in [0.25, 0.3) is 0 Å². The standard InChI is InChI=1S/C20H22BrNO4/c1-4-25-18-9-14-13(15-8-12(21)6-7-17(15)24-3)10-20(23)22-16(14)11-19(18)26-5-2/h6-9,11,13H,4-5,10H2,1-3H3,(H,22,23)/t13-/m1/s1. The van der Waals surface area contributed by atoms with Crippen molar-refractivity contribution in [3.8, 4) is 17.2 Å². The molecular weight excluding hydrogens is 398 g/mol. The minimum Gasteiger partial charge on any atom is -0.496 e. The van der Waals surface area contributed by atoms with Gasteiger partial charge in [-0.05, 0) is 43.7 Å². The van der Waals surface area contributed by atoms with Gasteiger partial charge >= 0.3 is 0 Å². The van der Waals surface area contributed by atoms with Crippen LogP contribution in [0.4, 0.5) is 5.69 Å². The Morgan fingerprint density at radius 3 is 2.38 bits per heavy atom. The van der Waals surface area contributed by atoms with Crippen molar-refractivity contribution >= 4 is 27.5 Å². The summed E-state index contributed by atoms with van der Waals surface area (Å²) in [6, 6.07) is 9.65. The lowest BCUT2D eigenvalue weighted by Crippen LogP contribution is -2.24. The molecule has 5 nitrogen and oxygen atoms in total. The zero-order valence-electron chi connectivity index (χ0n) is 15.1. The Kier molecular flexibility index (Phi) is 5.71. The predicted octanol–water partition coefficient (Wildman–Crippen LogP) is 4.73. The van der Waals surface area contributed by atoms with E-state index in [9.17, 15) is 4.79 Å². The highest BCUT2D eigenvalue weighted by Crippen LogP contribution is 2.45. The van der Waals surface area contributed by atoms with Crippen molar-refractivity contribution in [2.24, 2.45) is 0 Å². The van der Waals surface area contributed by atoms with Crippen molar-refractivity contribution in [2.45, 2.75) is 26.2 Å². The topological polar surface area (TPSA) is 56.8 Å². The largest absolute Gasteiger partial charge is 0.496 e. The molecule has 0 aromatic heterocycles. The number of carbonyl (C=O) groups excluding carboxylic acids is 1. The van der Waals surface area contributed by atoms with Crippen molar-refractivity contribution in [3.05, 3.63) is 45.9 Å². The minimum absolute atomic E-state index is 0.0314. The summed E-state index contributed by atoms with van der Waals surface area (Å²) in [5, 5.41) is 2.95. The summed E-state index contributed by atoms with van der Waals surface area (Å²) >= 11 is 3.52. The second kappa shape index (κ2) is 7.99. The molecule has 6 heteroatoms.